The minimum absolute atomic E-state index is 0.00851. The van der Waals surface area contributed by atoms with Gasteiger partial charge in [-0.2, -0.15) is 0 Å². The molecule has 6 heteroatoms. The number of nitrogens with zero attached hydrogens (tertiary/aromatic N) is 2. The Hall–Kier alpha value is -6.40. The Morgan fingerprint density at radius 2 is 1.13 bits per heavy atom. The molecule has 0 radical (unpaired) electrons. The molecular weight excluding hydrogens is 735 g/mol. The van der Waals surface area contributed by atoms with Crippen molar-refractivity contribution in [1.29, 1.82) is 0 Å². The van der Waals surface area contributed by atoms with Gasteiger partial charge in [-0.3, -0.25) is 0 Å². The van der Waals surface area contributed by atoms with Crippen LogP contribution in [0.1, 0.15) is 79.0 Å². The fourth-order valence-electron chi connectivity index (χ4n) is 10.1. The highest BCUT2D eigenvalue weighted by atomic mass is 16.6. The van der Waals surface area contributed by atoms with Gasteiger partial charge in [0.15, 0.2) is 23.0 Å². The van der Waals surface area contributed by atoms with Crippen LogP contribution in [0.2, 0.25) is 0 Å². The van der Waals surface area contributed by atoms with E-state index in [1.54, 1.807) is 0 Å². The summed E-state index contributed by atoms with van der Waals surface area (Å²) in [7, 11) is 0. The monoisotopic (exact) mass is 782 g/mol. The highest BCUT2D eigenvalue weighted by Gasteiger charge is 2.47. The zero-order valence-corrected chi connectivity index (χ0v) is 35.7. The average Bonchev–Trinajstić information content (AvgIpc) is 3.77. The number of para-hydroxylation sites is 3. The zero-order chi connectivity index (χ0) is 41.2. The fraction of sp³-hybridized carbons (Fsp3) is 0.222. The van der Waals surface area contributed by atoms with Gasteiger partial charge >= 0.3 is 6.85 Å². The molecule has 5 heterocycles. The predicted molar refractivity (Wildman–Crippen MR) is 250 cm³/mol. The molecule has 0 aliphatic carbocycles. The van der Waals surface area contributed by atoms with Crippen molar-refractivity contribution in [1.82, 2.24) is 4.57 Å². The topological polar surface area (TPSA) is 39.8 Å². The molecule has 0 amide bonds. The summed E-state index contributed by atoms with van der Waals surface area (Å²) in [5, 5.41) is 4.61. The smallest absolute Gasteiger partial charge is 0.333 e. The Morgan fingerprint density at radius 1 is 0.517 bits per heavy atom. The maximum atomic E-state index is 7.14. The maximum Gasteiger partial charge on any atom is 0.333 e. The molecule has 12 rings (SSSR count). The Kier molecular flexibility index (Phi) is 6.91. The molecule has 0 saturated carbocycles. The Bertz CT molecular complexity index is 3330. The van der Waals surface area contributed by atoms with Crippen LogP contribution in [0.4, 0.5) is 11.4 Å². The van der Waals surface area contributed by atoms with Crippen LogP contribution >= 0.6 is 0 Å². The lowest BCUT2D eigenvalue weighted by Crippen LogP contribution is -2.60. The molecule has 0 saturated heterocycles. The number of anilines is 2. The third-order valence-electron chi connectivity index (χ3n) is 13.3. The molecule has 3 aliphatic rings. The van der Waals surface area contributed by atoms with Crippen molar-refractivity contribution >= 4 is 72.9 Å². The van der Waals surface area contributed by atoms with Crippen molar-refractivity contribution in [2.45, 2.75) is 78.6 Å². The standard InChI is InChI=1S/C54H47BN2O3/c1-52(2,3)30-18-22-33(23-19-30)57-40-29-45-44(58-42-16-12-13-17-43(42)59-45)28-36(40)46-47-34-14-10-11-15-41(34)60-51(47)48-35-26-31(53(4,5)6)20-24-38(35)56-39-25-21-32(54(7,8)9)27-37(39)55(57)49(46)50(48)56/h10-29H,1-9H3. The van der Waals surface area contributed by atoms with Crippen molar-refractivity contribution in [2.24, 2.45) is 0 Å². The van der Waals surface area contributed by atoms with Gasteiger partial charge in [0.2, 0.25) is 0 Å². The van der Waals surface area contributed by atoms with E-state index in [0.29, 0.717) is 23.0 Å². The summed E-state index contributed by atoms with van der Waals surface area (Å²) in [6, 6.07) is 44.5. The molecule has 0 spiro atoms. The van der Waals surface area contributed by atoms with E-state index in [9.17, 15) is 0 Å². The van der Waals surface area contributed by atoms with Gasteiger partial charge in [0.05, 0.1) is 16.4 Å². The molecule has 60 heavy (non-hydrogen) atoms. The van der Waals surface area contributed by atoms with E-state index in [-0.39, 0.29) is 23.1 Å². The number of hydrogen-bond acceptors (Lipinski definition) is 4. The van der Waals surface area contributed by atoms with Crippen LogP contribution in [-0.4, -0.2) is 11.4 Å². The maximum absolute atomic E-state index is 7.14. The zero-order valence-electron chi connectivity index (χ0n) is 35.7. The van der Waals surface area contributed by atoms with E-state index >= 15 is 0 Å². The number of hydrogen-bond donors (Lipinski definition) is 0. The number of rotatable bonds is 1. The molecule has 2 aromatic heterocycles. The first-order chi connectivity index (χ1) is 28.6. The van der Waals surface area contributed by atoms with Gasteiger partial charge in [0.25, 0.3) is 0 Å². The first kappa shape index (κ1) is 35.5. The van der Waals surface area contributed by atoms with Crippen molar-refractivity contribution < 1.29 is 13.9 Å². The molecule has 0 fully saturated rings. The second kappa shape index (κ2) is 11.7. The SMILES string of the molecule is CC(C)(C)c1ccc(N2B3c4cc(C(C)(C)C)ccc4-n4c5ccc(C(C)(C)C)cc5c5c6oc7ccccc7c6c(c3c54)-c3cc4c(cc32)Oc2ccccc2O4)cc1. The third kappa shape index (κ3) is 4.82. The highest BCUT2D eigenvalue weighted by molar-refractivity contribution is 6.94. The highest BCUT2D eigenvalue weighted by Crippen LogP contribution is 2.56. The Morgan fingerprint density at radius 3 is 1.83 bits per heavy atom. The quantitative estimate of drug-likeness (QED) is 0.156. The molecule has 0 atom stereocenters. The molecule has 3 aliphatic heterocycles. The number of ether oxygens (including phenoxy) is 2. The summed E-state index contributed by atoms with van der Waals surface area (Å²) in [4.78, 5) is 2.58. The molecule has 0 bridgehead atoms. The molecular formula is C54H47BN2O3. The predicted octanol–water partition coefficient (Wildman–Crippen LogP) is 13.7. The van der Waals surface area contributed by atoms with Crippen LogP contribution in [0.25, 0.3) is 60.6 Å². The lowest BCUT2D eigenvalue weighted by atomic mass is 9.43. The van der Waals surface area contributed by atoms with Crippen molar-refractivity contribution in [3.63, 3.8) is 0 Å². The van der Waals surface area contributed by atoms with Gasteiger partial charge in [-0.1, -0.05) is 123 Å². The van der Waals surface area contributed by atoms with E-state index < -0.39 is 0 Å². The average molecular weight is 783 g/mol. The lowest BCUT2D eigenvalue weighted by molar-refractivity contribution is 0.360. The van der Waals surface area contributed by atoms with Crippen molar-refractivity contribution in [2.75, 3.05) is 4.81 Å². The molecule has 0 unspecified atom stereocenters. The number of benzene rings is 7. The fourth-order valence-corrected chi connectivity index (χ4v) is 10.1. The summed E-state index contributed by atoms with van der Waals surface area (Å²) in [6.07, 6.45) is 0. The van der Waals surface area contributed by atoms with Crippen LogP contribution in [-0.2, 0) is 16.2 Å². The minimum Gasteiger partial charge on any atom is -0.455 e. The van der Waals surface area contributed by atoms with Crippen LogP contribution in [0, 0.1) is 0 Å². The van der Waals surface area contributed by atoms with Crippen LogP contribution in [0.15, 0.2) is 126 Å². The third-order valence-corrected chi connectivity index (χ3v) is 13.3. The largest absolute Gasteiger partial charge is 0.455 e. The first-order valence-corrected chi connectivity index (χ1v) is 21.3. The van der Waals surface area contributed by atoms with E-state index in [2.05, 4.69) is 169 Å². The number of furan rings is 1. The van der Waals surface area contributed by atoms with Crippen LogP contribution in [0.3, 0.4) is 0 Å². The Balaban J connectivity index is 1.30. The summed E-state index contributed by atoms with van der Waals surface area (Å²) in [5.74, 6) is 2.82. The van der Waals surface area contributed by atoms with Gasteiger partial charge < -0.3 is 23.3 Å². The number of aromatic nitrogens is 1. The van der Waals surface area contributed by atoms with Gasteiger partial charge in [-0.15, -0.1) is 0 Å². The van der Waals surface area contributed by atoms with E-state index in [4.69, 9.17) is 13.9 Å². The van der Waals surface area contributed by atoms with Crippen LogP contribution in [0.5, 0.6) is 23.0 Å². The first-order valence-electron chi connectivity index (χ1n) is 21.3. The van der Waals surface area contributed by atoms with Gasteiger partial charge in [0.1, 0.15) is 11.2 Å². The summed E-state index contributed by atoms with van der Waals surface area (Å²) in [5.41, 5.74) is 16.2. The van der Waals surface area contributed by atoms with Gasteiger partial charge in [0, 0.05) is 44.9 Å². The molecule has 294 valence electrons. The Labute approximate surface area is 351 Å². The van der Waals surface area contributed by atoms with Crippen molar-refractivity contribution in [3.8, 4) is 39.8 Å². The normalized spacial score (nSPS) is 14.3. The van der Waals surface area contributed by atoms with Gasteiger partial charge in [-0.25, -0.2) is 0 Å². The van der Waals surface area contributed by atoms with Crippen molar-refractivity contribution in [3.05, 3.63) is 138 Å². The lowest BCUT2D eigenvalue weighted by Gasteiger charge is -2.43. The van der Waals surface area contributed by atoms with E-state index in [0.717, 1.165) is 44.3 Å². The van der Waals surface area contributed by atoms with Crippen LogP contribution < -0.4 is 25.2 Å². The second-order valence-electron chi connectivity index (χ2n) is 20.2. The minimum atomic E-state index is -0.181. The summed E-state index contributed by atoms with van der Waals surface area (Å²) >= 11 is 0. The second-order valence-corrected chi connectivity index (χ2v) is 20.2. The number of fused-ring (bicyclic) bond motifs is 15. The molecule has 0 N–H and O–H groups in total. The van der Waals surface area contributed by atoms with E-state index in [1.807, 2.05) is 24.3 Å². The summed E-state index contributed by atoms with van der Waals surface area (Å²) < 4.78 is 23.1. The molecule has 7 aromatic carbocycles. The molecule has 5 nitrogen and oxygen atoms in total. The van der Waals surface area contributed by atoms with E-state index in [1.165, 1.54) is 55.3 Å². The molecule has 9 aromatic rings. The summed E-state index contributed by atoms with van der Waals surface area (Å²) in [6.45, 7) is 20.5. The van der Waals surface area contributed by atoms with Gasteiger partial charge in [-0.05, 0) is 104 Å².